The van der Waals surface area contributed by atoms with Crippen LogP contribution in [0.3, 0.4) is 0 Å². The lowest BCUT2D eigenvalue weighted by atomic mass is 10.2. The molecule has 2 saturated heterocycles. The average molecular weight is 366 g/mol. The molecule has 0 radical (unpaired) electrons. The fraction of sp³-hybridized carbons (Fsp3) is 0.833. The van der Waals surface area contributed by atoms with E-state index >= 15 is 0 Å². The highest BCUT2D eigenvalue weighted by Gasteiger charge is 2.51. The maximum atomic E-state index is 12.7. The van der Waals surface area contributed by atoms with E-state index in [0.717, 1.165) is 32.7 Å². The number of nitrogens with zero attached hydrogens (tertiary/aromatic N) is 4. The van der Waals surface area contributed by atoms with Crippen LogP contribution in [0, 0.1) is 11.8 Å². The van der Waals surface area contributed by atoms with Crippen LogP contribution in [-0.2, 0) is 14.3 Å². The Morgan fingerprint density at radius 2 is 1.23 bits per heavy atom. The van der Waals surface area contributed by atoms with Crippen LogP contribution in [0.15, 0.2) is 0 Å². The number of amides is 3. The zero-order chi connectivity index (χ0) is 18.7. The van der Waals surface area contributed by atoms with E-state index in [0.29, 0.717) is 39.2 Å². The van der Waals surface area contributed by atoms with Crippen molar-refractivity contribution < 1.29 is 19.1 Å². The van der Waals surface area contributed by atoms with Gasteiger partial charge >= 0.3 is 6.09 Å². The maximum absolute atomic E-state index is 12.7. The number of ether oxygens (including phenoxy) is 1. The highest BCUT2D eigenvalue weighted by Crippen LogP contribution is 2.41. The lowest BCUT2D eigenvalue weighted by Gasteiger charge is -2.35. The summed E-state index contributed by atoms with van der Waals surface area (Å²) in [7, 11) is 0. The minimum absolute atomic E-state index is 0.0686. The second-order valence-electron chi connectivity index (χ2n) is 7.22. The Morgan fingerprint density at radius 3 is 1.69 bits per heavy atom. The number of hydrogen-bond acceptors (Lipinski definition) is 5. The summed E-state index contributed by atoms with van der Waals surface area (Å²) in [4.78, 5) is 44.7. The van der Waals surface area contributed by atoms with Gasteiger partial charge in [-0.15, -0.1) is 0 Å². The molecule has 1 saturated carbocycles. The Hall–Kier alpha value is -1.83. The minimum atomic E-state index is -0.315. The zero-order valence-corrected chi connectivity index (χ0v) is 15.9. The number of rotatable bonds is 4. The molecule has 146 valence electrons. The van der Waals surface area contributed by atoms with Crippen molar-refractivity contribution in [3.8, 4) is 0 Å². The molecular formula is C18H30N4O4. The number of hydrogen-bond donors (Lipinski definition) is 0. The molecule has 8 nitrogen and oxygen atoms in total. The third kappa shape index (κ3) is 4.11. The third-order valence-corrected chi connectivity index (χ3v) is 5.67. The third-order valence-electron chi connectivity index (χ3n) is 5.67. The zero-order valence-electron chi connectivity index (χ0n) is 15.9. The van der Waals surface area contributed by atoms with Gasteiger partial charge in [-0.25, -0.2) is 4.79 Å². The van der Waals surface area contributed by atoms with Gasteiger partial charge in [0.1, 0.15) is 0 Å². The molecule has 2 aliphatic heterocycles. The Morgan fingerprint density at radius 1 is 0.769 bits per heavy atom. The maximum Gasteiger partial charge on any atom is 0.409 e. The summed E-state index contributed by atoms with van der Waals surface area (Å²) in [6.07, 6.45) is 0.356. The van der Waals surface area contributed by atoms with E-state index < -0.39 is 0 Å². The van der Waals surface area contributed by atoms with Crippen LogP contribution in [0.5, 0.6) is 0 Å². The van der Waals surface area contributed by atoms with Gasteiger partial charge in [0, 0.05) is 52.4 Å². The van der Waals surface area contributed by atoms with Gasteiger partial charge in [0.05, 0.1) is 18.4 Å². The Labute approximate surface area is 155 Å². The fourth-order valence-electron chi connectivity index (χ4n) is 3.82. The Kier molecular flexibility index (Phi) is 6.01. The molecule has 3 amide bonds. The predicted molar refractivity (Wildman–Crippen MR) is 95.5 cm³/mol. The van der Waals surface area contributed by atoms with Crippen molar-refractivity contribution in [2.24, 2.45) is 11.8 Å². The molecule has 2 heterocycles. The van der Waals surface area contributed by atoms with Crippen molar-refractivity contribution in [2.75, 3.05) is 65.5 Å². The molecule has 3 aliphatic rings. The monoisotopic (exact) mass is 366 g/mol. The highest BCUT2D eigenvalue weighted by molar-refractivity contribution is 5.92. The van der Waals surface area contributed by atoms with Crippen LogP contribution in [0.2, 0.25) is 0 Å². The average Bonchev–Trinajstić information content (AvgIpc) is 3.48. The first-order valence-electron chi connectivity index (χ1n) is 9.76. The first-order valence-corrected chi connectivity index (χ1v) is 9.76. The van der Waals surface area contributed by atoms with Gasteiger partial charge in [0.15, 0.2) is 0 Å². The van der Waals surface area contributed by atoms with E-state index in [-0.39, 0.29) is 29.7 Å². The summed E-state index contributed by atoms with van der Waals surface area (Å²) >= 11 is 0. The minimum Gasteiger partial charge on any atom is -0.450 e. The molecular weight excluding hydrogens is 336 g/mol. The van der Waals surface area contributed by atoms with Crippen molar-refractivity contribution in [1.82, 2.24) is 19.6 Å². The van der Waals surface area contributed by atoms with E-state index in [9.17, 15) is 14.4 Å². The molecule has 8 heteroatoms. The molecule has 2 unspecified atom stereocenters. The van der Waals surface area contributed by atoms with E-state index in [1.807, 2.05) is 4.90 Å². The summed E-state index contributed by atoms with van der Waals surface area (Å²) < 4.78 is 5.00. The molecule has 3 fully saturated rings. The molecule has 2 atom stereocenters. The van der Waals surface area contributed by atoms with Crippen molar-refractivity contribution >= 4 is 17.9 Å². The van der Waals surface area contributed by atoms with Crippen molar-refractivity contribution in [1.29, 1.82) is 0 Å². The van der Waals surface area contributed by atoms with E-state index in [1.54, 1.807) is 16.7 Å². The quantitative estimate of drug-likeness (QED) is 0.705. The Balaban J connectivity index is 1.43. The number of carbonyl (C=O) groups is 3. The molecule has 0 aromatic heterocycles. The topological polar surface area (TPSA) is 73.4 Å². The van der Waals surface area contributed by atoms with Crippen LogP contribution < -0.4 is 0 Å². The standard InChI is InChI=1S/C18H30N4O4/c1-3-19-5-7-20(8-6-19)16(23)14-13-15(14)17(24)21-9-11-22(12-10-21)18(25)26-4-2/h14-15H,3-13H2,1-2H3. The van der Waals surface area contributed by atoms with Crippen LogP contribution in [0.25, 0.3) is 0 Å². The summed E-state index contributed by atoms with van der Waals surface area (Å²) in [5, 5.41) is 0. The van der Waals surface area contributed by atoms with E-state index in [2.05, 4.69) is 11.8 Å². The summed E-state index contributed by atoms with van der Waals surface area (Å²) in [6.45, 7) is 10.7. The van der Waals surface area contributed by atoms with Gasteiger partial charge in [-0.05, 0) is 19.9 Å². The smallest absolute Gasteiger partial charge is 0.409 e. The lowest BCUT2D eigenvalue weighted by molar-refractivity contribution is -0.139. The van der Waals surface area contributed by atoms with Crippen LogP contribution >= 0.6 is 0 Å². The second kappa shape index (κ2) is 8.24. The lowest BCUT2D eigenvalue weighted by Crippen LogP contribution is -2.51. The van der Waals surface area contributed by atoms with Gasteiger partial charge in [0.25, 0.3) is 0 Å². The summed E-state index contributed by atoms with van der Waals surface area (Å²) in [5.41, 5.74) is 0. The number of likely N-dealkylation sites (N-methyl/N-ethyl adjacent to an activating group) is 1. The van der Waals surface area contributed by atoms with Crippen molar-refractivity contribution in [3.05, 3.63) is 0 Å². The molecule has 26 heavy (non-hydrogen) atoms. The Bertz CT molecular complexity index is 539. The van der Waals surface area contributed by atoms with Crippen molar-refractivity contribution in [2.45, 2.75) is 20.3 Å². The normalized spacial score (nSPS) is 26.6. The van der Waals surface area contributed by atoms with E-state index in [1.165, 1.54) is 0 Å². The summed E-state index contributed by atoms with van der Waals surface area (Å²) in [6, 6.07) is 0. The SMILES string of the molecule is CCOC(=O)N1CCN(C(=O)C2CC2C(=O)N2CCN(CC)CC2)CC1. The van der Waals surface area contributed by atoms with Crippen LogP contribution in [-0.4, -0.2) is 103 Å². The highest BCUT2D eigenvalue weighted by atomic mass is 16.6. The molecule has 0 aromatic carbocycles. The first kappa shape index (κ1) is 18.9. The number of carbonyl (C=O) groups excluding carboxylic acids is 3. The van der Waals surface area contributed by atoms with E-state index in [4.69, 9.17) is 4.74 Å². The van der Waals surface area contributed by atoms with Crippen LogP contribution in [0.4, 0.5) is 4.79 Å². The number of piperazine rings is 2. The summed E-state index contributed by atoms with van der Waals surface area (Å²) in [5.74, 6) is -0.0945. The van der Waals surface area contributed by atoms with Crippen molar-refractivity contribution in [3.63, 3.8) is 0 Å². The molecule has 0 aromatic rings. The fourth-order valence-corrected chi connectivity index (χ4v) is 3.82. The molecule has 1 aliphatic carbocycles. The van der Waals surface area contributed by atoms with Gasteiger partial charge in [-0.1, -0.05) is 6.92 Å². The second-order valence-corrected chi connectivity index (χ2v) is 7.22. The molecule has 0 N–H and O–H groups in total. The molecule has 0 bridgehead atoms. The molecule has 0 spiro atoms. The van der Waals surface area contributed by atoms with Gasteiger partial charge in [0.2, 0.25) is 11.8 Å². The largest absolute Gasteiger partial charge is 0.450 e. The first-order chi connectivity index (χ1) is 12.5. The van der Waals surface area contributed by atoms with Crippen LogP contribution in [0.1, 0.15) is 20.3 Å². The van der Waals surface area contributed by atoms with Gasteiger partial charge < -0.3 is 24.3 Å². The molecule has 3 rings (SSSR count). The van der Waals surface area contributed by atoms with Gasteiger partial charge in [-0.3, -0.25) is 9.59 Å². The van der Waals surface area contributed by atoms with Gasteiger partial charge in [-0.2, -0.15) is 0 Å². The predicted octanol–water partition coefficient (Wildman–Crippen LogP) is 0.0873.